The number of hydrogen-bond donors (Lipinski definition) is 1. The summed E-state index contributed by atoms with van der Waals surface area (Å²) in [6.07, 6.45) is 0.475. The van der Waals surface area contributed by atoms with E-state index in [1.54, 1.807) is 18.2 Å². The van der Waals surface area contributed by atoms with Crippen molar-refractivity contribution in [2.45, 2.75) is 0 Å². The number of piperazine rings is 1. The average molecular weight is 246 g/mol. The van der Waals surface area contributed by atoms with Gasteiger partial charge in [0.1, 0.15) is 0 Å². The zero-order valence-electron chi connectivity index (χ0n) is 10.1. The molecule has 0 saturated carbocycles. The van der Waals surface area contributed by atoms with Gasteiger partial charge in [-0.1, -0.05) is 0 Å². The fourth-order valence-electron chi connectivity index (χ4n) is 2.13. The van der Waals surface area contributed by atoms with Crippen LogP contribution in [0.15, 0.2) is 24.3 Å². The Labute approximate surface area is 106 Å². The topological polar surface area (TPSA) is 60.9 Å². The van der Waals surface area contributed by atoms with Gasteiger partial charge in [-0.3, -0.25) is 0 Å². The Balaban J connectivity index is 2.03. The number of carbonyl (C=O) groups is 1. The molecule has 0 aliphatic carbocycles. The van der Waals surface area contributed by atoms with E-state index in [9.17, 15) is 9.50 Å². The first-order chi connectivity index (χ1) is 8.70. The van der Waals surface area contributed by atoms with E-state index in [-0.39, 0.29) is 0 Å². The molecule has 2 rings (SSSR count). The van der Waals surface area contributed by atoms with E-state index in [1.807, 2.05) is 6.07 Å². The Kier molecular flexibility index (Phi) is 4.09. The number of carboxylic acid groups (broad SMARTS) is 1. The molecular formula is C12H15BN2O3. The van der Waals surface area contributed by atoms with Crippen molar-refractivity contribution in [3.63, 3.8) is 0 Å². The van der Waals surface area contributed by atoms with Gasteiger partial charge < -0.3 is 0 Å². The molecule has 1 N–H and O–H groups in total. The first-order valence-electron chi connectivity index (χ1n) is 5.95. The molecule has 18 heavy (non-hydrogen) atoms. The molecule has 0 amide bonds. The Morgan fingerprint density at radius 3 is 2.61 bits per heavy atom. The fraction of sp³-hybridized carbons (Fsp3) is 0.417. The maximum atomic E-state index is 10.9. The molecule has 5 nitrogen and oxygen atoms in total. The third-order valence-corrected chi connectivity index (χ3v) is 3.16. The number of anilines is 1. The van der Waals surface area contributed by atoms with Gasteiger partial charge >= 0.3 is 106 Å². The molecule has 0 atom stereocenters. The summed E-state index contributed by atoms with van der Waals surface area (Å²) in [5.41, 5.74) is 1.24. The third-order valence-electron chi connectivity index (χ3n) is 3.16. The second kappa shape index (κ2) is 5.77. The Morgan fingerprint density at radius 2 is 2.00 bits per heavy atom. The number of nitrogens with zero attached hydrogens (tertiary/aromatic N) is 2. The second-order valence-electron chi connectivity index (χ2n) is 4.31. The zero-order chi connectivity index (χ0) is 13.0. The first-order valence-corrected chi connectivity index (χ1v) is 5.95. The average Bonchev–Trinajstić information content (AvgIpc) is 2.40. The molecule has 1 fully saturated rings. The third kappa shape index (κ3) is 2.95. The second-order valence-corrected chi connectivity index (χ2v) is 4.31. The molecule has 1 aromatic carbocycles. The Hall–Kier alpha value is -1.69. The standard InChI is InChI=1S/C12H15BN2O3/c16-12(17)10-2-1-3-11(8-10)15-6-4-14(5-7-15)9-13-18/h1-3,8H,4-7,9H2,(H,16,17). The van der Waals surface area contributed by atoms with Crippen molar-refractivity contribution in [2.75, 3.05) is 37.5 Å². The van der Waals surface area contributed by atoms with Crippen molar-refractivity contribution in [3.05, 3.63) is 29.8 Å². The van der Waals surface area contributed by atoms with Crippen LogP contribution in [0, 0.1) is 0 Å². The number of carboxylic acids is 1. The quantitative estimate of drug-likeness (QED) is 0.784. The maximum absolute atomic E-state index is 10.9. The molecule has 1 saturated heterocycles. The molecule has 0 spiro atoms. The summed E-state index contributed by atoms with van der Waals surface area (Å²) < 4.78 is 10.4. The molecule has 94 valence electrons. The van der Waals surface area contributed by atoms with Gasteiger partial charge in [-0.25, -0.2) is 0 Å². The first kappa shape index (κ1) is 12.8. The normalized spacial score (nSPS) is 16.3. The molecule has 1 aromatic rings. The fourth-order valence-corrected chi connectivity index (χ4v) is 2.13. The summed E-state index contributed by atoms with van der Waals surface area (Å²) in [4.78, 5) is 15.1. The zero-order valence-corrected chi connectivity index (χ0v) is 10.1. The predicted octanol–water partition coefficient (Wildman–Crippen LogP) is 0.514. The number of aromatic carboxylic acids is 1. The van der Waals surface area contributed by atoms with Crippen LogP contribution in [-0.2, 0) is 4.70 Å². The number of rotatable bonds is 4. The number of benzene rings is 1. The molecular weight excluding hydrogens is 231 g/mol. The van der Waals surface area contributed by atoms with E-state index >= 15 is 0 Å². The van der Waals surface area contributed by atoms with Crippen molar-refractivity contribution in [2.24, 2.45) is 0 Å². The summed E-state index contributed by atoms with van der Waals surface area (Å²) in [7, 11) is 0.917. The van der Waals surface area contributed by atoms with E-state index in [1.165, 1.54) is 0 Å². The number of hydrogen-bond acceptors (Lipinski definition) is 4. The van der Waals surface area contributed by atoms with Crippen molar-refractivity contribution in [1.82, 2.24) is 4.90 Å². The monoisotopic (exact) mass is 246 g/mol. The van der Waals surface area contributed by atoms with Gasteiger partial charge in [0.05, 0.1) is 0 Å². The minimum absolute atomic E-state index is 0.308. The van der Waals surface area contributed by atoms with Crippen LogP contribution < -0.4 is 4.90 Å². The molecule has 6 heteroatoms. The Morgan fingerprint density at radius 1 is 1.28 bits per heavy atom. The van der Waals surface area contributed by atoms with E-state index in [0.29, 0.717) is 12.0 Å². The van der Waals surface area contributed by atoms with Gasteiger partial charge in [-0.05, 0) is 0 Å². The van der Waals surface area contributed by atoms with Crippen molar-refractivity contribution >= 4 is 18.8 Å². The minimum atomic E-state index is -0.906. The van der Waals surface area contributed by atoms with Crippen LogP contribution in [0.1, 0.15) is 10.4 Å². The van der Waals surface area contributed by atoms with Crippen molar-refractivity contribution in [1.29, 1.82) is 0 Å². The van der Waals surface area contributed by atoms with E-state index < -0.39 is 5.97 Å². The Bertz CT molecular complexity index is 445. The van der Waals surface area contributed by atoms with Crippen LogP contribution in [0.25, 0.3) is 0 Å². The van der Waals surface area contributed by atoms with Gasteiger partial charge in [0.2, 0.25) is 0 Å². The van der Waals surface area contributed by atoms with E-state index in [2.05, 4.69) is 9.80 Å². The van der Waals surface area contributed by atoms with Crippen molar-refractivity contribution in [3.8, 4) is 0 Å². The van der Waals surface area contributed by atoms with Gasteiger partial charge in [0.15, 0.2) is 0 Å². The summed E-state index contributed by atoms with van der Waals surface area (Å²) in [6, 6.07) is 6.96. The molecule has 0 radical (unpaired) electrons. The van der Waals surface area contributed by atoms with Crippen LogP contribution in [-0.4, -0.2) is 55.7 Å². The molecule has 1 aliphatic rings. The summed E-state index contributed by atoms with van der Waals surface area (Å²) in [6.45, 7) is 3.29. The van der Waals surface area contributed by atoms with Crippen LogP contribution in [0.3, 0.4) is 0 Å². The van der Waals surface area contributed by atoms with Gasteiger partial charge in [-0.15, -0.1) is 0 Å². The molecule has 1 aliphatic heterocycles. The van der Waals surface area contributed by atoms with Gasteiger partial charge in [0, 0.05) is 0 Å². The van der Waals surface area contributed by atoms with Gasteiger partial charge in [0.25, 0.3) is 0 Å². The van der Waals surface area contributed by atoms with E-state index in [4.69, 9.17) is 5.11 Å². The van der Waals surface area contributed by atoms with Crippen LogP contribution in [0.5, 0.6) is 0 Å². The van der Waals surface area contributed by atoms with Crippen LogP contribution in [0.2, 0.25) is 0 Å². The summed E-state index contributed by atoms with van der Waals surface area (Å²) in [5, 5.41) is 8.95. The summed E-state index contributed by atoms with van der Waals surface area (Å²) >= 11 is 0. The summed E-state index contributed by atoms with van der Waals surface area (Å²) in [5.74, 6) is -0.906. The molecule has 1 heterocycles. The van der Waals surface area contributed by atoms with Gasteiger partial charge in [-0.2, -0.15) is 0 Å². The predicted molar refractivity (Wildman–Crippen MR) is 68.5 cm³/mol. The van der Waals surface area contributed by atoms with Crippen molar-refractivity contribution < 1.29 is 14.6 Å². The molecule has 0 bridgehead atoms. The van der Waals surface area contributed by atoms with E-state index in [0.717, 1.165) is 39.0 Å². The van der Waals surface area contributed by atoms with Crippen LogP contribution >= 0.6 is 0 Å². The SMILES string of the molecule is O=BCN1CCN(c2cccc(C(=O)O)c2)CC1. The molecule has 0 unspecified atom stereocenters. The molecule has 0 aromatic heterocycles. The van der Waals surface area contributed by atoms with Crippen LogP contribution in [0.4, 0.5) is 5.69 Å².